The summed E-state index contributed by atoms with van der Waals surface area (Å²) in [6.07, 6.45) is 4.27. The number of amides is 1. The molecule has 116 valence electrons. The predicted molar refractivity (Wildman–Crippen MR) is 86.0 cm³/mol. The molecule has 1 amide bonds. The fraction of sp³-hybridized carbons (Fsp3) is 0.588. The second-order valence-electron chi connectivity index (χ2n) is 6.31. The Morgan fingerprint density at radius 1 is 1.33 bits per heavy atom. The third kappa shape index (κ3) is 3.83. The van der Waals surface area contributed by atoms with Crippen LogP contribution in [0.3, 0.4) is 0 Å². The normalized spacial score (nSPS) is 18.1. The van der Waals surface area contributed by atoms with Crippen LogP contribution in [0.4, 0.5) is 0 Å². The summed E-state index contributed by atoms with van der Waals surface area (Å²) in [5, 5.41) is 3.12. The maximum atomic E-state index is 12.4. The van der Waals surface area contributed by atoms with E-state index in [2.05, 4.69) is 24.3 Å². The first kappa shape index (κ1) is 16.0. The van der Waals surface area contributed by atoms with Gasteiger partial charge in [-0.3, -0.25) is 4.79 Å². The van der Waals surface area contributed by atoms with Crippen LogP contribution in [0.2, 0.25) is 0 Å². The van der Waals surface area contributed by atoms with Crippen molar-refractivity contribution in [2.75, 3.05) is 27.2 Å². The Morgan fingerprint density at radius 2 is 2.00 bits per heavy atom. The molecule has 1 aromatic carbocycles. The summed E-state index contributed by atoms with van der Waals surface area (Å²) < 4.78 is 0. The molecule has 1 aliphatic rings. The number of nitrogens with one attached hydrogen (secondary N) is 1. The average molecular weight is 289 g/mol. The van der Waals surface area contributed by atoms with Crippen LogP contribution < -0.4 is 11.1 Å². The summed E-state index contributed by atoms with van der Waals surface area (Å²) in [6, 6.07) is 10.1. The number of nitrogens with two attached hydrogens (primary N) is 1. The molecule has 0 aromatic heterocycles. The summed E-state index contributed by atoms with van der Waals surface area (Å²) >= 11 is 0. The summed E-state index contributed by atoms with van der Waals surface area (Å²) in [6.45, 7) is 1.11. The SMILES string of the molecule is CN(C)C1(CNC(=O)C(CN)Cc2ccccc2)CCC1. The van der Waals surface area contributed by atoms with Crippen LogP contribution in [0.15, 0.2) is 30.3 Å². The number of hydrogen-bond acceptors (Lipinski definition) is 3. The van der Waals surface area contributed by atoms with Crippen LogP contribution in [-0.2, 0) is 11.2 Å². The van der Waals surface area contributed by atoms with Crippen LogP contribution in [0, 0.1) is 5.92 Å². The van der Waals surface area contributed by atoms with Gasteiger partial charge in [0.1, 0.15) is 0 Å². The van der Waals surface area contributed by atoms with E-state index in [9.17, 15) is 4.79 Å². The van der Waals surface area contributed by atoms with E-state index in [1.165, 1.54) is 6.42 Å². The Kier molecular flexibility index (Phi) is 5.37. The van der Waals surface area contributed by atoms with E-state index in [0.29, 0.717) is 13.0 Å². The number of nitrogens with zero attached hydrogens (tertiary/aromatic N) is 1. The first-order valence-corrected chi connectivity index (χ1v) is 7.76. The molecule has 0 spiro atoms. The van der Waals surface area contributed by atoms with E-state index in [-0.39, 0.29) is 17.4 Å². The highest BCUT2D eigenvalue weighted by Crippen LogP contribution is 2.35. The van der Waals surface area contributed by atoms with Crippen molar-refractivity contribution in [2.45, 2.75) is 31.2 Å². The molecule has 0 radical (unpaired) electrons. The lowest BCUT2D eigenvalue weighted by molar-refractivity contribution is -0.125. The van der Waals surface area contributed by atoms with Gasteiger partial charge in [-0.15, -0.1) is 0 Å². The van der Waals surface area contributed by atoms with E-state index in [1.54, 1.807) is 0 Å². The predicted octanol–water partition coefficient (Wildman–Crippen LogP) is 1.40. The molecule has 0 heterocycles. The molecule has 0 aliphatic heterocycles. The number of carbonyl (C=O) groups excluding carboxylic acids is 1. The highest BCUT2D eigenvalue weighted by Gasteiger charge is 2.39. The summed E-state index contributed by atoms with van der Waals surface area (Å²) in [5.74, 6) is -0.0684. The molecule has 3 N–H and O–H groups in total. The minimum atomic E-state index is -0.147. The van der Waals surface area contributed by atoms with Crippen molar-refractivity contribution in [3.05, 3.63) is 35.9 Å². The van der Waals surface area contributed by atoms with Crippen LogP contribution in [0.25, 0.3) is 0 Å². The maximum Gasteiger partial charge on any atom is 0.224 e. The standard InChI is InChI=1S/C17H27N3O/c1-20(2)17(9-6-10-17)13-19-16(21)15(12-18)11-14-7-4-3-5-8-14/h3-5,7-8,15H,6,9-13,18H2,1-2H3,(H,19,21). The van der Waals surface area contributed by atoms with Crippen LogP contribution in [0.1, 0.15) is 24.8 Å². The van der Waals surface area contributed by atoms with Gasteiger partial charge in [-0.2, -0.15) is 0 Å². The van der Waals surface area contributed by atoms with E-state index in [1.807, 2.05) is 30.3 Å². The van der Waals surface area contributed by atoms with Gasteiger partial charge in [0.2, 0.25) is 5.91 Å². The lowest BCUT2D eigenvalue weighted by atomic mass is 9.75. The highest BCUT2D eigenvalue weighted by atomic mass is 16.1. The Morgan fingerprint density at radius 3 is 2.48 bits per heavy atom. The van der Waals surface area contributed by atoms with Crippen molar-refractivity contribution in [1.29, 1.82) is 0 Å². The Labute approximate surface area is 127 Å². The van der Waals surface area contributed by atoms with Crippen molar-refractivity contribution in [3.63, 3.8) is 0 Å². The third-order valence-corrected chi connectivity index (χ3v) is 4.80. The third-order valence-electron chi connectivity index (χ3n) is 4.80. The summed E-state index contributed by atoms with van der Waals surface area (Å²) in [4.78, 5) is 14.6. The molecule has 1 fully saturated rings. The first-order valence-electron chi connectivity index (χ1n) is 7.76. The van der Waals surface area contributed by atoms with Gasteiger partial charge in [0.05, 0.1) is 5.92 Å². The number of benzene rings is 1. The fourth-order valence-corrected chi connectivity index (χ4v) is 2.94. The molecule has 4 heteroatoms. The molecule has 2 rings (SSSR count). The molecule has 4 nitrogen and oxygen atoms in total. The molecule has 0 bridgehead atoms. The van der Waals surface area contributed by atoms with E-state index in [0.717, 1.165) is 24.9 Å². The van der Waals surface area contributed by atoms with Gasteiger partial charge in [0.25, 0.3) is 0 Å². The van der Waals surface area contributed by atoms with Crippen molar-refractivity contribution in [1.82, 2.24) is 10.2 Å². The molecule has 1 saturated carbocycles. The van der Waals surface area contributed by atoms with Crippen LogP contribution >= 0.6 is 0 Å². The topological polar surface area (TPSA) is 58.4 Å². The van der Waals surface area contributed by atoms with Gasteiger partial charge >= 0.3 is 0 Å². The Balaban J connectivity index is 1.88. The molecule has 1 aliphatic carbocycles. The van der Waals surface area contributed by atoms with Crippen molar-refractivity contribution in [3.8, 4) is 0 Å². The zero-order valence-electron chi connectivity index (χ0n) is 13.1. The Hall–Kier alpha value is -1.39. The Bertz CT molecular complexity index is 454. The zero-order chi connectivity index (χ0) is 15.3. The van der Waals surface area contributed by atoms with Gasteiger partial charge in [-0.05, 0) is 45.3 Å². The maximum absolute atomic E-state index is 12.4. The molecule has 1 aromatic rings. The molecule has 1 unspecified atom stereocenters. The van der Waals surface area contributed by atoms with E-state index in [4.69, 9.17) is 5.73 Å². The van der Waals surface area contributed by atoms with Crippen molar-refractivity contribution < 1.29 is 4.79 Å². The number of carbonyl (C=O) groups is 1. The average Bonchev–Trinajstić information content (AvgIpc) is 2.44. The number of rotatable bonds is 7. The first-order chi connectivity index (χ1) is 10.1. The monoisotopic (exact) mass is 289 g/mol. The second-order valence-corrected chi connectivity index (χ2v) is 6.31. The smallest absolute Gasteiger partial charge is 0.224 e. The van der Waals surface area contributed by atoms with Gasteiger partial charge in [0, 0.05) is 18.6 Å². The largest absolute Gasteiger partial charge is 0.354 e. The van der Waals surface area contributed by atoms with Gasteiger partial charge in [-0.1, -0.05) is 30.3 Å². The lowest BCUT2D eigenvalue weighted by Gasteiger charge is -2.47. The minimum Gasteiger partial charge on any atom is -0.354 e. The number of hydrogen-bond donors (Lipinski definition) is 2. The highest BCUT2D eigenvalue weighted by molar-refractivity contribution is 5.79. The lowest BCUT2D eigenvalue weighted by Crippen LogP contribution is -2.58. The summed E-state index contributed by atoms with van der Waals surface area (Å²) in [5.41, 5.74) is 7.11. The molecular weight excluding hydrogens is 262 g/mol. The van der Waals surface area contributed by atoms with Crippen molar-refractivity contribution >= 4 is 5.91 Å². The molecule has 0 saturated heterocycles. The van der Waals surface area contributed by atoms with E-state index >= 15 is 0 Å². The van der Waals surface area contributed by atoms with Crippen LogP contribution in [0.5, 0.6) is 0 Å². The zero-order valence-corrected chi connectivity index (χ0v) is 13.1. The molecule has 1 atom stereocenters. The fourth-order valence-electron chi connectivity index (χ4n) is 2.94. The molecule has 21 heavy (non-hydrogen) atoms. The van der Waals surface area contributed by atoms with Crippen LogP contribution in [-0.4, -0.2) is 43.5 Å². The second kappa shape index (κ2) is 7.05. The van der Waals surface area contributed by atoms with Gasteiger partial charge in [0.15, 0.2) is 0 Å². The van der Waals surface area contributed by atoms with E-state index < -0.39 is 0 Å². The summed E-state index contributed by atoms with van der Waals surface area (Å²) in [7, 11) is 4.19. The minimum absolute atomic E-state index is 0.0782. The van der Waals surface area contributed by atoms with Crippen molar-refractivity contribution in [2.24, 2.45) is 11.7 Å². The van der Waals surface area contributed by atoms with Gasteiger partial charge in [-0.25, -0.2) is 0 Å². The number of likely N-dealkylation sites (N-methyl/N-ethyl adjacent to an activating group) is 1. The molecular formula is C17H27N3O. The van der Waals surface area contributed by atoms with Gasteiger partial charge < -0.3 is 16.0 Å². The quantitative estimate of drug-likeness (QED) is 0.798.